The summed E-state index contributed by atoms with van der Waals surface area (Å²) in [4.78, 5) is 46.6. The molecule has 28 heavy (non-hydrogen) atoms. The van der Waals surface area contributed by atoms with Gasteiger partial charge in [0, 0.05) is 64.3 Å². The molecule has 0 aromatic heterocycles. The Morgan fingerprint density at radius 1 is 0.857 bits per heavy atom. The normalized spacial score (nSPS) is 20.9. The van der Waals surface area contributed by atoms with Crippen molar-refractivity contribution in [3.63, 3.8) is 0 Å². The first kappa shape index (κ1) is 18.7. The van der Waals surface area contributed by atoms with Gasteiger partial charge in [-0.25, -0.2) is 4.79 Å². The van der Waals surface area contributed by atoms with Crippen molar-refractivity contribution >= 4 is 23.6 Å². The predicted molar refractivity (Wildman–Crippen MR) is 102 cm³/mol. The quantitative estimate of drug-likeness (QED) is 0.732. The van der Waals surface area contributed by atoms with Crippen LogP contribution in [0.15, 0.2) is 24.3 Å². The summed E-state index contributed by atoms with van der Waals surface area (Å²) in [7, 11) is 0. The van der Waals surface area contributed by atoms with Crippen LogP contribution < -0.4 is 4.90 Å². The van der Waals surface area contributed by atoms with Crippen molar-refractivity contribution in [1.29, 1.82) is 0 Å². The molecule has 8 heteroatoms. The van der Waals surface area contributed by atoms with Crippen molar-refractivity contribution in [3.05, 3.63) is 29.8 Å². The number of hydrogen-bond donors (Lipinski definition) is 0. The Labute approximate surface area is 164 Å². The number of carbonyl (C=O) groups is 3. The number of piperazine rings is 1. The average Bonchev–Trinajstić information content (AvgIpc) is 3.35. The maximum Gasteiger partial charge on any atom is 0.434 e. The molecule has 4 rings (SSSR count). The second-order valence-electron chi connectivity index (χ2n) is 7.56. The number of hydroxylamine groups is 2. The number of anilines is 1. The minimum Gasteiger partial charge on any atom is -0.372 e. The standard InChI is InChI=1S/C20H26N4O4/c25-18-7-8-19(26)24(18)28-20(27)23-13-11-21(12-14-23)15-16-3-5-17(6-4-16)22-9-1-2-10-22/h3-6H,1-2,7-15H2. The molecule has 0 bridgehead atoms. The Bertz CT molecular complexity index is 721. The lowest BCUT2D eigenvalue weighted by atomic mass is 10.1. The van der Waals surface area contributed by atoms with Crippen molar-refractivity contribution < 1.29 is 19.2 Å². The number of hydrogen-bond acceptors (Lipinski definition) is 6. The number of rotatable bonds is 4. The molecule has 0 atom stereocenters. The average molecular weight is 386 g/mol. The van der Waals surface area contributed by atoms with Crippen LogP contribution in [0.3, 0.4) is 0 Å². The number of carbonyl (C=O) groups excluding carboxylic acids is 3. The van der Waals surface area contributed by atoms with Crippen molar-refractivity contribution in [2.75, 3.05) is 44.2 Å². The van der Waals surface area contributed by atoms with Gasteiger partial charge in [0.1, 0.15) is 0 Å². The smallest absolute Gasteiger partial charge is 0.372 e. The molecule has 0 spiro atoms. The topological polar surface area (TPSA) is 73.4 Å². The molecule has 3 fully saturated rings. The van der Waals surface area contributed by atoms with Gasteiger partial charge in [-0.3, -0.25) is 14.5 Å². The van der Waals surface area contributed by atoms with Gasteiger partial charge in [-0.15, -0.1) is 5.06 Å². The van der Waals surface area contributed by atoms with E-state index in [-0.39, 0.29) is 12.8 Å². The highest BCUT2D eigenvalue weighted by Crippen LogP contribution is 2.21. The first-order valence-corrected chi connectivity index (χ1v) is 9.99. The Morgan fingerprint density at radius 2 is 1.46 bits per heavy atom. The molecule has 0 N–H and O–H groups in total. The van der Waals surface area contributed by atoms with Crippen molar-refractivity contribution in [2.45, 2.75) is 32.2 Å². The SMILES string of the molecule is O=C(ON1C(=O)CCC1=O)N1CCN(Cc2ccc(N3CCCC3)cc2)CC1. The summed E-state index contributed by atoms with van der Waals surface area (Å²) in [5.74, 6) is -0.899. The van der Waals surface area contributed by atoms with Crippen molar-refractivity contribution in [1.82, 2.24) is 14.9 Å². The lowest BCUT2D eigenvalue weighted by Gasteiger charge is -2.34. The van der Waals surface area contributed by atoms with Crippen LogP contribution in [0.2, 0.25) is 0 Å². The highest BCUT2D eigenvalue weighted by Gasteiger charge is 2.34. The molecule has 1 aromatic carbocycles. The first-order chi connectivity index (χ1) is 13.6. The van der Waals surface area contributed by atoms with Gasteiger partial charge in [0.25, 0.3) is 11.8 Å². The lowest BCUT2D eigenvalue weighted by Crippen LogP contribution is -2.50. The largest absolute Gasteiger partial charge is 0.434 e. The molecule has 0 radical (unpaired) electrons. The van der Waals surface area contributed by atoms with E-state index in [0.717, 1.165) is 32.7 Å². The van der Waals surface area contributed by atoms with Crippen LogP contribution in [0.25, 0.3) is 0 Å². The van der Waals surface area contributed by atoms with E-state index < -0.39 is 17.9 Å². The summed E-state index contributed by atoms with van der Waals surface area (Å²) in [6.07, 6.45) is 2.13. The molecular weight excluding hydrogens is 360 g/mol. The zero-order valence-corrected chi connectivity index (χ0v) is 16.0. The van der Waals surface area contributed by atoms with Crippen LogP contribution in [-0.4, -0.2) is 72.0 Å². The summed E-state index contributed by atoms with van der Waals surface area (Å²) in [6, 6.07) is 8.74. The van der Waals surface area contributed by atoms with E-state index in [1.165, 1.54) is 24.1 Å². The van der Waals surface area contributed by atoms with E-state index in [2.05, 4.69) is 34.1 Å². The molecule has 3 amide bonds. The second kappa shape index (κ2) is 8.18. The summed E-state index contributed by atoms with van der Waals surface area (Å²) >= 11 is 0. The van der Waals surface area contributed by atoms with E-state index in [0.29, 0.717) is 18.2 Å². The molecule has 0 aliphatic carbocycles. The summed E-state index contributed by atoms with van der Waals surface area (Å²) in [5, 5.41) is 0.608. The molecule has 0 saturated carbocycles. The van der Waals surface area contributed by atoms with Crippen LogP contribution in [0.1, 0.15) is 31.2 Å². The molecule has 1 aromatic rings. The summed E-state index contributed by atoms with van der Waals surface area (Å²) < 4.78 is 0. The van der Waals surface area contributed by atoms with Crippen LogP contribution in [0, 0.1) is 0 Å². The third-order valence-electron chi connectivity index (χ3n) is 5.62. The van der Waals surface area contributed by atoms with Gasteiger partial charge in [-0.2, -0.15) is 0 Å². The summed E-state index contributed by atoms with van der Waals surface area (Å²) in [6.45, 7) is 5.61. The van der Waals surface area contributed by atoms with Crippen LogP contribution in [0.5, 0.6) is 0 Å². The maximum atomic E-state index is 12.2. The van der Waals surface area contributed by atoms with E-state index in [1.807, 2.05) is 0 Å². The van der Waals surface area contributed by atoms with Gasteiger partial charge >= 0.3 is 6.09 Å². The molecule has 3 aliphatic heterocycles. The fourth-order valence-electron chi connectivity index (χ4n) is 3.93. The monoisotopic (exact) mass is 386 g/mol. The van der Waals surface area contributed by atoms with Crippen LogP contribution >= 0.6 is 0 Å². The second-order valence-corrected chi connectivity index (χ2v) is 7.56. The Hall–Kier alpha value is -2.61. The predicted octanol–water partition coefficient (Wildman–Crippen LogP) is 1.60. The number of benzene rings is 1. The first-order valence-electron chi connectivity index (χ1n) is 9.99. The number of amides is 3. The minimum absolute atomic E-state index is 0.108. The zero-order chi connectivity index (χ0) is 19.5. The molecule has 0 unspecified atom stereocenters. The van der Waals surface area contributed by atoms with Gasteiger partial charge in [-0.05, 0) is 30.5 Å². The Kier molecular flexibility index (Phi) is 5.47. The summed E-state index contributed by atoms with van der Waals surface area (Å²) in [5.41, 5.74) is 2.55. The van der Waals surface area contributed by atoms with Crippen molar-refractivity contribution in [3.8, 4) is 0 Å². The maximum absolute atomic E-state index is 12.2. The van der Waals surface area contributed by atoms with Gasteiger partial charge in [0.2, 0.25) is 0 Å². The van der Waals surface area contributed by atoms with Gasteiger partial charge in [0.05, 0.1) is 0 Å². The highest BCUT2D eigenvalue weighted by molar-refractivity contribution is 6.01. The Morgan fingerprint density at radius 3 is 2.07 bits per heavy atom. The molecular formula is C20H26N4O4. The molecule has 3 aliphatic rings. The van der Waals surface area contributed by atoms with E-state index in [1.54, 1.807) is 4.90 Å². The fraction of sp³-hybridized carbons (Fsp3) is 0.550. The number of nitrogens with zero attached hydrogens (tertiary/aromatic N) is 4. The highest BCUT2D eigenvalue weighted by atomic mass is 16.7. The van der Waals surface area contributed by atoms with Crippen molar-refractivity contribution in [2.24, 2.45) is 0 Å². The van der Waals surface area contributed by atoms with Gasteiger partial charge in [0.15, 0.2) is 0 Å². The van der Waals surface area contributed by atoms with Crippen LogP contribution in [-0.2, 0) is 21.0 Å². The van der Waals surface area contributed by atoms with E-state index >= 15 is 0 Å². The fourth-order valence-corrected chi connectivity index (χ4v) is 3.93. The van der Waals surface area contributed by atoms with E-state index in [9.17, 15) is 14.4 Å². The third kappa shape index (κ3) is 4.11. The molecule has 150 valence electrons. The van der Waals surface area contributed by atoms with Gasteiger partial charge < -0.3 is 14.6 Å². The third-order valence-corrected chi connectivity index (χ3v) is 5.62. The molecule has 3 saturated heterocycles. The number of imide groups is 1. The molecule has 8 nitrogen and oxygen atoms in total. The zero-order valence-electron chi connectivity index (χ0n) is 16.0. The lowest BCUT2D eigenvalue weighted by molar-refractivity contribution is -0.174. The van der Waals surface area contributed by atoms with Gasteiger partial charge in [-0.1, -0.05) is 12.1 Å². The molecule has 3 heterocycles. The van der Waals surface area contributed by atoms with E-state index in [4.69, 9.17) is 4.84 Å². The Balaban J connectivity index is 1.24. The minimum atomic E-state index is -0.627. The van der Waals surface area contributed by atoms with Crippen LogP contribution in [0.4, 0.5) is 10.5 Å².